The number of aliphatic hydroxyl groups is 1. The highest BCUT2D eigenvalue weighted by Gasteiger charge is 2.40. The molecule has 2 aromatic rings. The average Bonchev–Trinajstić information content (AvgIpc) is 3.15. The number of fused-ring (bicyclic) bond motifs is 1. The highest BCUT2D eigenvalue weighted by atomic mass is 16.6. The van der Waals surface area contributed by atoms with Crippen molar-refractivity contribution in [2.45, 2.75) is 12.5 Å². The van der Waals surface area contributed by atoms with E-state index in [4.69, 9.17) is 10.00 Å². The van der Waals surface area contributed by atoms with Gasteiger partial charge in [-0.1, -0.05) is 12.1 Å². The Labute approximate surface area is 149 Å². The summed E-state index contributed by atoms with van der Waals surface area (Å²) in [4.78, 5) is 27.7. The number of carbonyl (C=O) groups excluding carboxylic acids is 2. The fourth-order valence-electron chi connectivity index (χ4n) is 3.27. The molecule has 2 atom stereocenters. The molecule has 7 nitrogen and oxygen atoms in total. The van der Waals surface area contributed by atoms with Crippen LogP contribution in [-0.4, -0.2) is 47.4 Å². The maximum atomic E-state index is 12.4. The average molecular weight is 349 g/mol. The minimum Gasteiger partial charge on any atom is -0.351 e. The zero-order valence-electron chi connectivity index (χ0n) is 13.7. The Morgan fingerprint density at radius 3 is 2.27 bits per heavy atom. The molecule has 1 saturated heterocycles. The summed E-state index contributed by atoms with van der Waals surface area (Å²) in [6, 6.07) is 15.5. The Balaban J connectivity index is 1.48. The highest BCUT2D eigenvalue weighted by molar-refractivity contribution is 6.21. The fourth-order valence-corrected chi connectivity index (χ4v) is 3.27. The largest absolute Gasteiger partial charge is 0.351 e. The maximum absolute atomic E-state index is 12.4. The Morgan fingerprint density at radius 1 is 1.08 bits per heavy atom. The van der Waals surface area contributed by atoms with Gasteiger partial charge >= 0.3 is 0 Å². The molecule has 2 amide bonds. The summed E-state index contributed by atoms with van der Waals surface area (Å²) in [5.41, 5.74) is 1.99. The Bertz CT molecular complexity index is 884. The van der Waals surface area contributed by atoms with Crippen LogP contribution in [0.15, 0.2) is 48.5 Å². The molecular formula is C19H15N3O4. The molecule has 2 aliphatic heterocycles. The van der Waals surface area contributed by atoms with Gasteiger partial charge in [-0.3, -0.25) is 14.5 Å². The summed E-state index contributed by atoms with van der Waals surface area (Å²) in [7, 11) is 0. The van der Waals surface area contributed by atoms with Gasteiger partial charge in [-0.05, 0) is 36.4 Å². The Kier molecular flexibility index (Phi) is 3.92. The number of rotatable bonds is 3. The van der Waals surface area contributed by atoms with Crippen LogP contribution in [0, 0.1) is 11.3 Å². The van der Waals surface area contributed by atoms with Gasteiger partial charge in [0.1, 0.15) is 0 Å². The lowest BCUT2D eigenvalue weighted by atomic mass is 10.1. The number of amides is 2. The van der Waals surface area contributed by atoms with Crippen LogP contribution in [0.1, 0.15) is 26.3 Å². The van der Waals surface area contributed by atoms with Crippen LogP contribution in [-0.2, 0) is 4.74 Å². The third-order valence-electron chi connectivity index (χ3n) is 4.57. The smallest absolute Gasteiger partial charge is 0.261 e. The molecule has 0 spiro atoms. The second-order valence-electron chi connectivity index (χ2n) is 6.16. The van der Waals surface area contributed by atoms with Crippen molar-refractivity contribution in [1.29, 1.82) is 5.26 Å². The first-order valence-electron chi connectivity index (χ1n) is 8.14. The molecule has 1 fully saturated rings. The first-order valence-corrected chi connectivity index (χ1v) is 8.14. The molecule has 4 rings (SSSR count). The predicted molar refractivity (Wildman–Crippen MR) is 91.2 cm³/mol. The van der Waals surface area contributed by atoms with E-state index >= 15 is 0 Å². The van der Waals surface area contributed by atoms with E-state index in [1.54, 1.807) is 53.4 Å². The number of hydrogen-bond acceptors (Lipinski definition) is 6. The van der Waals surface area contributed by atoms with Crippen molar-refractivity contribution >= 4 is 17.5 Å². The van der Waals surface area contributed by atoms with Gasteiger partial charge in [0.2, 0.25) is 6.41 Å². The molecular weight excluding hydrogens is 334 g/mol. The molecule has 1 unspecified atom stereocenters. The van der Waals surface area contributed by atoms with Gasteiger partial charge in [-0.25, -0.2) is 0 Å². The van der Waals surface area contributed by atoms with Crippen LogP contribution in [0.5, 0.6) is 0 Å². The molecule has 0 radical (unpaired) electrons. The van der Waals surface area contributed by atoms with Gasteiger partial charge < -0.3 is 14.7 Å². The lowest BCUT2D eigenvalue weighted by Crippen LogP contribution is -2.38. The number of ether oxygens (including phenoxy) is 1. The second-order valence-corrected chi connectivity index (χ2v) is 6.16. The third kappa shape index (κ3) is 2.62. The number of benzene rings is 2. The van der Waals surface area contributed by atoms with Crippen LogP contribution >= 0.6 is 0 Å². The SMILES string of the molecule is N#Cc1ccc(N2C[C@H](CN3C(=O)c4ccccc4C3=O)OC2O)cc1. The van der Waals surface area contributed by atoms with Gasteiger partial charge in [-0.15, -0.1) is 0 Å². The first kappa shape index (κ1) is 16.3. The number of nitrogens with zero attached hydrogens (tertiary/aromatic N) is 3. The van der Waals surface area contributed by atoms with Crippen molar-refractivity contribution < 1.29 is 19.4 Å². The van der Waals surface area contributed by atoms with Gasteiger partial charge in [0.25, 0.3) is 11.8 Å². The van der Waals surface area contributed by atoms with Crippen molar-refractivity contribution in [2.24, 2.45) is 0 Å². The molecule has 0 bridgehead atoms. The topological polar surface area (TPSA) is 93.9 Å². The van der Waals surface area contributed by atoms with Crippen molar-refractivity contribution in [1.82, 2.24) is 4.90 Å². The summed E-state index contributed by atoms with van der Waals surface area (Å²) in [6.07, 6.45) is -1.69. The zero-order valence-corrected chi connectivity index (χ0v) is 13.7. The quantitative estimate of drug-likeness (QED) is 0.841. The summed E-state index contributed by atoms with van der Waals surface area (Å²) in [6.45, 7) is 0.386. The molecule has 1 N–H and O–H groups in total. The molecule has 26 heavy (non-hydrogen) atoms. The van der Waals surface area contributed by atoms with E-state index < -0.39 is 12.5 Å². The van der Waals surface area contributed by atoms with Crippen LogP contribution in [0.25, 0.3) is 0 Å². The lowest BCUT2D eigenvalue weighted by Gasteiger charge is -2.20. The minimum atomic E-state index is -1.18. The Morgan fingerprint density at radius 2 is 1.69 bits per heavy atom. The van der Waals surface area contributed by atoms with Crippen molar-refractivity contribution in [2.75, 3.05) is 18.0 Å². The highest BCUT2D eigenvalue weighted by Crippen LogP contribution is 2.27. The predicted octanol–water partition coefficient (Wildman–Crippen LogP) is 1.34. The molecule has 0 aromatic heterocycles. The van der Waals surface area contributed by atoms with Crippen LogP contribution in [0.4, 0.5) is 5.69 Å². The first-order chi connectivity index (χ1) is 12.6. The normalized spacial score (nSPS) is 21.8. The van der Waals surface area contributed by atoms with Gasteiger partial charge in [-0.2, -0.15) is 5.26 Å². The lowest BCUT2D eigenvalue weighted by molar-refractivity contribution is -0.0911. The zero-order chi connectivity index (χ0) is 18.3. The molecule has 2 heterocycles. The van der Waals surface area contributed by atoms with Crippen molar-refractivity contribution in [3.8, 4) is 6.07 Å². The monoisotopic (exact) mass is 349 g/mol. The van der Waals surface area contributed by atoms with E-state index in [0.29, 0.717) is 28.9 Å². The summed E-state index contributed by atoms with van der Waals surface area (Å²) >= 11 is 0. The van der Waals surface area contributed by atoms with Crippen LogP contribution in [0.3, 0.4) is 0 Å². The summed E-state index contributed by atoms with van der Waals surface area (Å²) < 4.78 is 5.51. The van der Waals surface area contributed by atoms with Gasteiger partial charge in [0.05, 0.1) is 42.0 Å². The number of aliphatic hydroxyl groups excluding tert-OH is 1. The number of nitriles is 1. The number of anilines is 1. The second kappa shape index (κ2) is 6.26. The maximum Gasteiger partial charge on any atom is 0.261 e. The molecule has 2 aliphatic rings. The summed E-state index contributed by atoms with van der Waals surface area (Å²) in [5.74, 6) is -0.693. The van der Waals surface area contributed by atoms with Crippen molar-refractivity contribution in [3.05, 3.63) is 65.2 Å². The number of hydrogen-bond donors (Lipinski definition) is 1. The van der Waals surface area contributed by atoms with Crippen LogP contribution < -0.4 is 4.90 Å². The van der Waals surface area contributed by atoms with E-state index in [9.17, 15) is 14.7 Å². The Hall–Kier alpha value is -3.21. The third-order valence-corrected chi connectivity index (χ3v) is 4.57. The molecule has 0 saturated carbocycles. The minimum absolute atomic E-state index is 0.0657. The fraction of sp³-hybridized carbons (Fsp3) is 0.211. The van der Waals surface area contributed by atoms with E-state index in [-0.39, 0.29) is 18.4 Å². The molecule has 0 aliphatic carbocycles. The van der Waals surface area contributed by atoms with E-state index in [1.165, 1.54) is 0 Å². The molecule has 7 heteroatoms. The van der Waals surface area contributed by atoms with Gasteiger partial charge in [0, 0.05) is 5.69 Å². The van der Waals surface area contributed by atoms with E-state index in [2.05, 4.69) is 0 Å². The molecule has 2 aromatic carbocycles. The number of imide groups is 1. The van der Waals surface area contributed by atoms with Crippen molar-refractivity contribution in [3.63, 3.8) is 0 Å². The number of carbonyl (C=O) groups is 2. The van der Waals surface area contributed by atoms with E-state index in [0.717, 1.165) is 4.90 Å². The standard InChI is InChI=1S/C19H15N3O4/c20-9-12-5-7-13(8-6-12)21-10-14(26-19(21)25)11-22-17(23)15-3-1-2-4-16(15)18(22)24/h1-8,14,19,25H,10-11H2/t14-,19?/m1/s1. The van der Waals surface area contributed by atoms with Gasteiger partial charge in [0.15, 0.2) is 0 Å². The van der Waals surface area contributed by atoms with E-state index in [1.807, 2.05) is 6.07 Å². The van der Waals surface area contributed by atoms with Crippen LogP contribution in [0.2, 0.25) is 0 Å². The molecule has 130 valence electrons. The summed E-state index contributed by atoms with van der Waals surface area (Å²) in [5, 5.41) is 19.0.